The van der Waals surface area contributed by atoms with Crippen LogP contribution in [0, 0.1) is 10.1 Å². The number of piperazine rings is 1. The molecule has 2 aromatic rings. The van der Waals surface area contributed by atoms with Gasteiger partial charge in [0.1, 0.15) is 0 Å². The van der Waals surface area contributed by atoms with Crippen molar-refractivity contribution in [1.82, 2.24) is 4.90 Å². The highest BCUT2D eigenvalue weighted by Crippen LogP contribution is 2.19. The van der Waals surface area contributed by atoms with E-state index in [9.17, 15) is 14.9 Å². The van der Waals surface area contributed by atoms with E-state index in [1.54, 1.807) is 36.4 Å². The third-order valence-corrected chi connectivity index (χ3v) is 4.47. The molecule has 7 heteroatoms. The van der Waals surface area contributed by atoms with E-state index in [0.29, 0.717) is 18.7 Å². The number of halogens is 1. The van der Waals surface area contributed by atoms with Crippen molar-refractivity contribution in [2.45, 2.75) is 0 Å². The van der Waals surface area contributed by atoms with Crippen molar-refractivity contribution in [3.8, 4) is 0 Å². The molecule has 0 atom stereocenters. The first kappa shape index (κ1) is 21.2. The fourth-order valence-electron chi connectivity index (χ4n) is 3.02. The number of nitrogens with zero attached hydrogens (tertiary/aromatic N) is 3. The van der Waals surface area contributed by atoms with Gasteiger partial charge in [0.2, 0.25) is 5.91 Å². The van der Waals surface area contributed by atoms with Crippen molar-refractivity contribution in [2.75, 3.05) is 31.1 Å². The Morgan fingerprint density at radius 2 is 1.57 bits per heavy atom. The van der Waals surface area contributed by atoms with Crippen LogP contribution in [-0.2, 0) is 4.79 Å². The Kier molecular flexibility index (Phi) is 7.77. The molecule has 0 bridgehead atoms. The molecule has 1 aliphatic heterocycles. The number of para-hydroxylation sites is 2. The summed E-state index contributed by atoms with van der Waals surface area (Å²) in [6.45, 7) is 2.95. The third-order valence-electron chi connectivity index (χ3n) is 4.47. The molecule has 3 rings (SSSR count). The molecule has 1 fully saturated rings. The average Bonchev–Trinajstić information content (AvgIpc) is 2.72. The molecular weight excluding hydrogens is 378 g/mol. The van der Waals surface area contributed by atoms with Gasteiger partial charge in [-0.15, -0.1) is 12.4 Å². The van der Waals surface area contributed by atoms with E-state index in [2.05, 4.69) is 17.0 Å². The molecule has 0 radical (unpaired) electrons. The minimum absolute atomic E-state index is 0. The van der Waals surface area contributed by atoms with Crippen molar-refractivity contribution >= 4 is 35.8 Å². The largest absolute Gasteiger partial charge is 0.368 e. The van der Waals surface area contributed by atoms with Crippen LogP contribution in [0.2, 0.25) is 0 Å². The number of rotatable bonds is 5. The second kappa shape index (κ2) is 10.3. The third kappa shape index (κ3) is 5.44. The first-order chi connectivity index (χ1) is 13.1. The number of carbonyl (C=O) groups excluding carboxylic acids is 1. The molecular formula is C21H22ClN3O3. The van der Waals surface area contributed by atoms with Crippen molar-refractivity contribution < 1.29 is 9.72 Å². The maximum absolute atomic E-state index is 12.3. The number of allylic oxidation sites excluding steroid dienone is 2. The van der Waals surface area contributed by atoms with Crippen LogP contribution in [0.4, 0.5) is 11.4 Å². The van der Waals surface area contributed by atoms with Crippen LogP contribution in [0.1, 0.15) is 5.56 Å². The van der Waals surface area contributed by atoms with Gasteiger partial charge in [-0.25, -0.2) is 0 Å². The van der Waals surface area contributed by atoms with Crippen molar-refractivity contribution in [3.05, 3.63) is 88.5 Å². The van der Waals surface area contributed by atoms with Crippen LogP contribution in [-0.4, -0.2) is 41.9 Å². The molecule has 0 N–H and O–H groups in total. The Morgan fingerprint density at radius 1 is 0.929 bits per heavy atom. The van der Waals surface area contributed by atoms with E-state index in [1.807, 2.05) is 23.1 Å². The summed E-state index contributed by atoms with van der Waals surface area (Å²) in [4.78, 5) is 27.0. The average molecular weight is 400 g/mol. The van der Waals surface area contributed by atoms with Crippen molar-refractivity contribution in [3.63, 3.8) is 0 Å². The monoisotopic (exact) mass is 399 g/mol. The van der Waals surface area contributed by atoms with Crippen LogP contribution in [0.5, 0.6) is 0 Å². The second-order valence-corrected chi connectivity index (χ2v) is 6.18. The van der Waals surface area contributed by atoms with Gasteiger partial charge < -0.3 is 9.80 Å². The molecule has 1 amide bonds. The summed E-state index contributed by atoms with van der Waals surface area (Å²) in [6.07, 6.45) is 6.42. The number of amides is 1. The number of carbonyl (C=O) groups is 1. The Labute approximate surface area is 170 Å². The zero-order valence-electron chi connectivity index (χ0n) is 15.3. The molecule has 146 valence electrons. The summed E-state index contributed by atoms with van der Waals surface area (Å²) in [5.74, 6) is -0.0464. The SMILES string of the molecule is Cl.O=C(/C=C/C=C/c1ccccc1[N+](=O)[O-])N1CCN(c2ccccc2)CC1. The van der Waals surface area contributed by atoms with Gasteiger partial charge >= 0.3 is 0 Å². The smallest absolute Gasteiger partial charge is 0.276 e. The van der Waals surface area contributed by atoms with E-state index >= 15 is 0 Å². The molecule has 2 aromatic carbocycles. The van der Waals surface area contributed by atoms with Gasteiger partial charge in [0, 0.05) is 44.0 Å². The molecule has 1 saturated heterocycles. The molecule has 1 heterocycles. The van der Waals surface area contributed by atoms with Gasteiger partial charge in [0.15, 0.2) is 0 Å². The lowest BCUT2D eigenvalue weighted by Crippen LogP contribution is -2.48. The summed E-state index contributed by atoms with van der Waals surface area (Å²) in [5, 5.41) is 11.0. The zero-order chi connectivity index (χ0) is 19.1. The zero-order valence-corrected chi connectivity index (χ0v) is 16.1. The van der Waals surface area contributed by atoms with Gasteiger partial charge in [-0.3, -0.25) is 14.9 Å². The predicted octanol–water partition coefficient (Wildman–Crippen LogP) is 3.93. The van der Waals surface area contributed by atoms with Crippen LogP contribution in [0.25, 0.3) is 6.08 Å². The second-order valence-electron chi connectivity index (χ2n) is 6.18. The summed E-state index contributed by atoms with van der Waals surface area (Å²) < 4.78 is 0. The summed E-state index contributed by atoms with van der Waals surface area (Å²) in [5.41, 5.74) is 1.73. The Bertz CT molecular complexity index is 860. The number of anilines is 1. The Hall–Kier alpha value is -3.12. The number of benzene rings is 2. The van der Waals surface area contributed by atoms with Crippen LogP contribution in [0.15, 0.2) is 72.8 Å². The highest BCUT2D eigenvalue weighted by atomic mass is 35.5. The van der Waals surface area contributed by atoms with E-state index in [4.69, 9.17) is 0 Å². The van der Waals surface area contributed by atoms with E-state index in [0.717, 1.165) is 13.1 Å². The molecule has 28 heavy (non-hydrogen) atoms. The lowest BCUT2D eigenvalue weighted by atomic mass is 10.1. The standard InChI is InChI=1S/C21H21N3O3.ClH/c25-21(13-7-5-9-18-8-4-6-12-20(18)24(26)27)23-16-14-22(15-17-23)19-10-2-1-3-11-19;/h1-13H,14-17H2;1H/b9-5+,13-7+;. The number of nitro benzene ring substituents is 1. The lowest BCUT2D eigenvalue weighted by Gasteiger charge is -2.35. The van der Waals surface area contributed by atoms with E-state index in [-0.39, 0.29) is 24.0 Å². The minimum Gasteiger partial charge on any atom is -0.368 e. The van der Waals surface area contributed by atoms with Crippen LogP contribution >= 0.6 is 12.4 Å². The highest BCUT2D eigenvalue weighted by molar-refractivity contribution is 5.88. The van der Waals surface area contributed by atoms with Gasteiger partial charge in [0.05, 0.1) is 10.5 Å². The van der Waals surface area contributed by atoms with Crippen LogP contribution < -0.4 is 4.90 Å². The van der Waals surface area contributed by atoms with Gasteiger partial charge in [-0.1, -0.05) is 42.5 Å². The van der Waals surface area contributed by atoms with Crippen LogP contribution in [0.3, 0.4) is 0 Å². The van der Waals surface area contributed by atoms with Gasteiger partial charge in [0.25, 0.3) is 5.69 Å². The maximum atomic E-state index is 12.3. The molecule has 6 nitrogen and oxygen atoms in total. The maximum Gasteiger partial charge on any atom is 0.276 e. The first-order valence-electron chi connectivity index (χ1n) is 8.82. The minimum atomic E-state index is -0.416. The Morgan fingerprint density at radius 3 is 2.25 bits per heavy atom. The van der Waals surface area contributed by atoms with Crippen molar-refractivity contribution in [1.29, 1.82) is 0 Å². The first-order valence-corrected chi connectivity index (χ1v) is 8.82. The van der Waals surface area contributed by atoms with Crippen molar-refractivity contribution in [2.24, 2.45) is 0 Å². The van der Waals surface area contributed by atoms with Gasteiger partial charge in [-0.05, 0) is 24.3 Å². The fraction of sp³-hybridized carbons (Fsp3) is 0.190. The number of hydrogen-bond donors (Lipinski definition) is 0. The Balaban J connectivity index is 0.00000280. The summed E-state index contributed by atoms with van der Waals surface area (Å²) in [7, 11) is 0. The van der Waals surface area contributed by atoms with Gasteiger partial charge in [-0.2, -0.15) is 0 Å². The molecule has 0 aromatic heterocycles. The topological polar surface area (TPSA) is 66.7 Å². The quantitative estimate of drug-likeness (QED) is 0.330. The lowest BCUT2D eigenvalue weighted by molar-refractivity contribution is -0.385. The highest BCUT2D eigenvalue weighted by Gasteiger charge is 2.19. The fourth-order valence-corrected chi connectivity index (χ4v) is 3.02. The van der Waals surface area contributed by atoms with E-state index < -0.39 is 4.92 Å². The number of nitro groups is 1. The summed E-state index contributed by atoms with van der Waals surface area (Å²) >= 11 is 0. The molecule has 0 aliphatic carbocycles. The van der Waals surface area contributed by atoms with E-state index in [1.165, 1.54) is 17.8 Å². The molecule has 0 saturated carbocycles. The summed E-state index contributed by atoms with van der Waals surface area (Å²) in [6, 6.07) is 16.7. The molecule has 0 unspecified atom stereocenters. The number of hydrogen-bond acceptors (Lipinski definition) is 4. The molecule has 1 aliphatic rings. The predicted molar refractivity (Wildman–Crippen MR) is 114 cm³/mol. The normalized spacial score (nSPS) is 14.3. The molecule has 0 spiro atoms.